The van der Waals surface area contributed by atoms with E-state index in [-0.39, 0.29) is 10.9 Å². The van der Waals surface area contributed by atoms with Crippen molar-refractivity contribution < 1.29 is 12.8 Å². The minimum Gasteiger partial charge on any atom is -0.313 e. The maximum atomic E-state index is 13.1. The molecule has 0 fully saturated rings. The number of nitrogens with one attached hydrogen (secondary N) is 1. The number of sulfone groups is 1. The summed E-state index contributed by atoms with van der Waals surface area (Å²) in [6, 6.07) is 5.05. The Hall–Kier alpha value is -0.940. The third-order valence-corrected chi connectivity index (χ3v) is 5.31. The van der Waals surface area contributed by atoms with Gasteiger partial charge in [0.1, 0.15) is 5.82 Å². The molecule has 102 valence electrons. The maximum absolute atomic E-state index is 13.1. The molecule has 0 aliphatic rings. The molecule has 0 saturated heterocycles. The van der Waals surface area contributed by atoms with Crippen LogP contribution in [0, 0.1) is 5.82 Å². The van der Waals surface area contributed by atoms with Crippen LogP contribution in [0.3, 0.4) is 0 Å². The highest BCUT2D eigenvalue weighted by molar-refractivity contribution is 7.92. The van der Waals surface area contributed by atoms with Gasteiger partial charge in [-0.05, 0) is 38.1 Å². The lowest BCUT2D eigenvalue weighted by Gasteiger charge is -2.23. The Morgan fingerprint density at radius 1 is 1.33 bits per heavy atom. The number of halogens is 1. The topological polar surface area (TPSA) is 46.2 Å². The second-order valence-electron chi connectivity index (χ2n) is 4.28. The lowest BCUT2D eigenvalue weighted by molar-refractivity contribution is 0.482. The van der Waals surface area contributed by atoms with Gasteiger partial charge in [-0.15, -0.1) is 0 Å². The molecule has 0 bridgehead atoms. The fourth-order valence-corrected chi connectivity index (χ4v) is 3.67. The van der Waals surface area contributed by atoms with Gasteiger partial charge in [0.25, 0.3) is 0 Å². The third kappa shape index (κ3) is 3.29. The van der Waals surface area contributed by atoms with Gasteiger partial charge in [-0.1, -0.05) is 19.9 Å². The smallest absolute Gasteiger partial charge is 0.182 e. The fourth-order valence-electron chi connectivity index (χ4n) is 1.98. The molecule has 0 aliphatic carbocycles. The molecule has 0 radical (unpaired) electrons. The first-order valence-electron chi connectivity index (χ1n) is 6.16. The lowest BCUT2D eigenvalue weighted by atomic mass is 10.2. The van der Waals surface area contributed by atoms with Gasteiger partial charge >= 0.3 is 0 Å². The fraction of sp³-hybridized carbons (Fsp3) is 0.538. The van der Waals surface area contributed by atoms with Gasteiger partial charge in [0.15, 0.2) is 9.84 Å². The average Bonchev–Trinajstić information content (AvgIpc) is 2.35. The first-order valence-corrected chi connectivity index (χ1v) is 7.71. The molecule has 0 saturated carbocycles. The van der Waals surface area contributed by atoms with Crippen molar-refractivity contribution in [2.75, 3.05) is 6.54 Å². The highest BCUT2D eigenvalue weighted by Crippen LogP contribution is 2.20. The summed E-state index contributed by atoms with van der Waals surface area (Å²) >= 11 is 0. The zero-order chi connectivity index (χ0) is 13.8. The Bertz CT molecular complexity index is 488. The van der Waals surface area contributed by atoms with Crippen molar-refractivity contribution in [1.29, 1.82) is 0 Å². The minimum atomic E-state index is -3.50. The summed E-state index contributed by atoms with van der Waals surface area (Å²) in [5.74, 6) is -0.528. The highest BCUT2D eigenvalue weighted by atomic mass is 32.2. The summed E-state index contributed by atoms with van der Waals surface area (Å²) in [5, 5.41) is 2.57. The van der Waals surface area contributed by atoms with Gasteiger partial charge in [0.2, 0.25) is 0 Å². The molecule has 1 aromatic rings. The minimum absolute atomic E-state index is 0.0475. The summed E-state index contributed by atoms with van der Waals surface area (Å²) in [5.41, 5.74) is 0. The second-order valence-corrected chi connectivity index (χ2v) is 6.58. The standard InChI is InChI=1S/C13H20FNO2S/c1-4-13(15-5-2)10(3)18(16,17)12-8-6-7-11(14)9-12/h6-10,13,15H,4-5H2,1-3H3. The summed E-state index contributed by atoms with van der Waals surface area (Å²) < 4.78 is 37.8. The van der Waals surface area contributed by atoms with Gasteiger partial charge in [-0.2, -0.15) is 0 Å². The predicted octanol–water partition coefficient (Wildman–Crippen LogP) is 2.38. The Kier molecular flexibility index (Phi) is 5.28. The number of benzene rings is 1. The van der Waals surface area contributed by atoms with Crippen LogP contribution in [-0.2, 0) is 9.84 Å². The van der Waals surface area contributed by atoms with Gasteiger partial charge in [0.05, 0.1) is 10.1 Å². The van der Waals surface area contributed by atoms with E-state index < -0.39 is 20.9 Å². The van der Waals surface area contributed by atoms with Gasteiger partial charge < -0.3 is 5.32 Å². The first-order chi connectivity index (χ1) is 8.43. The molecule has 0 aliphatic heterocycles. The highest BCUT2D eigenvalue weighted by Gasteiger charge is 2.29. The van der Waals surface area contributed by atoms with E-state index in [9.17, 15) is 12.8 Å². The lowest BCUT2D eigenvalue weighted by Crippen LogP contribution is -2.42. The molecule has 2 unspecified atom stereocenters. The van der Waals surface area contributed by atoms with Crippen LogP contribution in [0.25, 0.3) is 0 Å². The van der Waals surface area contributed by atoms with Gasteiger partial charge in [0, 0.05) is 6.04 Å². The largest absolute Gasteiger partial charge is 0.313 e. The van der Waals surface area contributed by atoms with Gasteiger partial charge in [-0.3, -0.25) is 0 Å². The van der Waals surface area contributed by atoms with Crippen LogP contribution in [0.4, 0.5) is 4.39 Å². The molecule has 0 aromatic heterocycles. The average molecular weight is 273 g/mol. The van der Waals surface area contributed by atoms with Crippen molar-refractivity contribution in [3.63, 3.8) is 0 Å². The molecule has 1 rings (SSSR count). The van der Waals surface area contributed by atoms with Crippen molar-refractivity contribution in [2.45, 2.75) is 43.4 Å². The first kappa shape index (κ1) is 15.1. The van der Waals surface area contributed by atoms with Crippen LogP contribution in [0.5, 0.6) is 0 Å². The van der Waals surface area contributed by atoms with Crippen LogP contribution >= 0.6 is 0 Å². The van der Waals surface area contributed by atoms with Crippen LogP contribution in [0.15, 0.2) is 29.2 Å². The van der Waals surface area contributed by atoms with E-state index in [1.807, 2.05) is 13.8 Å². The summed E-state index contributed by atoms with van der Waals surface area (Å²) in [6.07, 6.45) is 0.712. The summed E-state index contributed by atoms with van der Waals surface area (Å²) in [6.45, 7) is 6.24. The molecule has 18 heavy (non-hydrogen) atoms. The van der Waals surface area contributed by atoms with Gasteiger partial charge in [-0.25, -0.2) is 12.8 Å². The molecular weight excluding hydrogens is 253 g/mol. The molecule has 0 spiro atoms. The van der Waals surface area contributed by atoms with Crippen molar-refractivity contribution in [3.05, 3.63) is 30.1 Å². The zero-order valence-corrected chi connectivity index (χ0v) is 11.8. The number of hydrogen-bond acceptors (Lipinski definition) is 3. The Morgan fingerprint density at radius 2 is 2.00 bits per heavy atom. The van der Waals surface area contributed by atoms with Crippen molar-refractivity contribution in [3.8, 4) is 0 Å². The molecule has 1 aromatic carbocycles. The van der Waals surface area contributed by atoms with Crippen LogP contribution < -0.4 is 5.32 Å². The van der Waals surface area contributed by atoms with Crippen LogP contribution in [0.2, 0.25) is 0 Å². The van der Waals surface area contributed by atoms with Crippen LogP contribution in [0.1, 0.15) is 27.2 Å². The van der Waals surface area contributed by atoms with Crippen molar-refractivity contribution in [1.82, 2.24) is 5.32 Å². The maximum Gasteiger partial charge on any atom is 0.182 e. The van der Waals surface area contributed by atoms with Crippen LogP contribution in [-0.4, -0.2) is 26.3 Å². The van der Waals surface area contributed by atoms with Crippen molar-refractivity contribution >= 4 is 9.84 Å². The van der Waals surface area contributed by atoms with E-state index in [1.165, 1.54) is 18.2 Å². The zero-order valence-electron chi connectivity index (χ0n) is 11.0. The molecule has 0 amide bonds. The monoisotopic (exact) mass is 273 g/mol. The Morgan fingerprint density at radius 3 is 2.50 bits per heavy atom. The normalized spacial score (nSPS) is 15.3. The van der Waals surface area contributed by atoms with E-state index in [4.69, 9.17) is 0 Å². The third-order valence-electron chi connectivity index (χ3n) is 3.09. The SMILES string of the molecule is CCNC(CC)C(C)S(=O)(=O)c1cccc(F)c1. The van der Waals surface area contributed by atoms with E-state index >= 15 is 0 Å². The molecular formula is C13H20FNO2S. The van der Waals surface area contributed by atoms with E-state index in [1.54, 1.807) is 6.92 Å². The van der Waals surface area contributed by atoms with E-state index in [0.29, 0.717) is 13.0 Å². The molecule has 5 heteroatoms. The van der Waals surface area contributed by atoms with E-state index in [2.05, 4.69) is 5.32 Å². The molecule has 2 atom stereocenters. The summed E-state index contributed by atoms with van der Waals surface area (Å²) in [4.78, 5) is 0.0475. The molecule has 3 nitrogen and oxygen atoms in total. The van der Waals surface area contributed by atoms with E-state index in [0.717, 1.165) is 6.07 Å². The Balaban J connectivity index is 3.06. The molecule has 1 N–H and O–H groups in total. The molecule has 0 heterocycles. The Labute approximate surface area is 108 Å². The predicted molar refractivity (Wildman–Crippen MR) is 70.8 cm³/mol. The number of rotatable bonds is 6. The second kappa shape index (κ2) is 6.29. The number of hydrogen-bond donors (Lipinski definition) is 1. The quantitative estimate of drug-likeness (QED) is 0.865. The van der Waals surface area contributed by atoms with Crippen molar-refractivity contribution in [2.24, 2.45) is 0 Å². The summed E-state index contributed by atoms with van der Waals surface area (Å²) in [7, 11) is -3.50.